The average Bonchev–Trinajstić information content (AvgIpc) is 2.63. The van der Waals surface area contributed by atoms with Crippen LogP contribution in [0.15, 0.2) is 36.7 Å². The molecule has 1 saturated heterocycles. The number of nitrogens with zero attached hydrogens (tertiary/aromatic N) is 3. The Kier molecular flexibility index (Phi) is 5.57. The quantitative estimate of drug-likeness (QED) is 0.848. The lowest BCUT2D eigenvalue weighted by atomic mass is 10.0. The highest BCUT2D eigenvalue weighted by Crippen LogP contribution is 2.22. The van der Waals surface area contributed by atoms with Crippen molar-refractivity contribution in [2.75, 3.05) is 38.6 Å². The lowest BCUT2D eigenvalue weighted by Gasteiger charge is -2.35. The number of rotatable bonds is 5. The lowest BCUT2D eigenvalue weighted by molar-refractivity contribution is 0.0162. The Balaban J connectivity index is 1.75. The van der Waals surface area contributed by atoms with E-state index in [1.165, 1.54) is 23.5 Å². The molecule has 1 aliphatic rings. The van der Waals surface area contributed by atoms with Crippen molar-refractivity contribution in [3.05, 3.63) is 53.5 Å². The number of nitrogens with two attached hydrogens (primary N) is 1. The summed E-state index contributed by atoms with van der Waals surface area (Å²) in [7, 11) is 0. The molecule has 2 heterocycles. The average molecular weight is 341 g/mol. The number of nitrogens with one attached hydrogen (secondary N) is 1. The number of nitrogen functional groups attached to an aromatic ring is 1. The maximum absolute atomic E-state index is 12.4. The zero-order valence-electron chi connectivity index (χ0n) is 14.3. The number of aromatic nitrogens is 2. The highest BCUT2D eigenvalue weighted by molar-refractivity contribution is 5.96. The fraction of sp³-hybridized carbons (Fsp3) is 0.389. The van der Waals surface area contributed by atoms with Gasteiger partial charge >= 0.3 is 0 Å². The van der Waals surface area contributed by atoms with Crippen LogP contribution < -0.4 is 11.1 Å². The number of hydrogen-bond acceptors (Lipinski definition) is 6. The van der Waals surface area contributed by atoms with Crippen LogP contribution in [-0.4, -0.2) is 53.6 Å². The summed E-state index contributed by atoms with van der Waals surface area (Å²) in [5, 5.41) is 2.95. The standard InChI is InChI=1S/C18H23N5O2/c1-13-3-2-4-14(11-13)15(23-7-9-25-10-8-23)12-22-18(24)16-17(19)21-6-5-20-16/h2-6,11,15H,7-10,12H2,1H3,(H2,19,21)(H,22,24)/t15-/m1/s1. The number of amides is 1. The van der Waals surface area contributed by atoms with E-state index in [0.717, 1.165) is 13.1 Å². The van der Waals surface area contributed by atoms with E-state index in [1.54, 1.807) is 0 Å². The molecule has 132 valence electrons. The molecule has 0 saturated carbocycles. The van der Waals surface area contributed by atoms with E-state index < -0.39 is 0 Å². The molecule has 1 aromatic carbocycles. The van der Waals surface area contributed by atoms with Gasteiger partial charge in [0.1, 0.15) is 0 Å². The van der Waals surface area contributed by atoms with Gasteiger partial charge in [-0.1, -0.05) is 29.8 Å². The van der Waals surface area contributed by atoms with Crippen molar-refractivity contribution in [1.29, 1.82) is 0 Å². The van der Waals surface area contributed by atoms with Crippen LogP contribution in [0.5, 0.6) is 0 Å². The number of ether oxygens (including phenoxy) is 1. The van der Waals surface area contributed by atoms with Crippen LogP contribution in [0.25, 0.3) is 0 Å². The first kappa shape index (κ1) is 17.3. The highest BCUT2D eigenvalue weighted by Gasteiger charge is 2.24. The Bertz CT molecular complexity index is 731. The predicted octanol–water partition coefficient (Wildman–Crippen LogP) is 1.17. The number of carbonyl (C=O) groups excluding carboxylic acids is 1. The minimum Gasteiger partial charge on any atom is -0.382 e. The molecule has 1 aromatic heterocycles. The molecule has 2 aromatic rings. The third-order valence-corrected chi connectivity index (χ3v) is 4.31. The number of aryl methyl sites for hydroxylation is 1. The first-order valence-corrected chi connectivity index (χ1v) is 8.38. The summed E-state index contributed by atoms with van der Waals surface area (Å²) in [5.74, 6) is -0.171. The molecule has 0 radical (unpaired) electrons. The fourth-order valence-electron chi connectivity index (χ4n) is 3.02. The van der Waals surface area contributed by atoms with Crippen molar-refractivity contribution in [3.8, 4) is 0 Å². The Morgan fingerprint density at radius 3 is 2.80 bits per heavy atom. The minimum absolute atomic E-state index is 0.0747. The molecule has 1 amide bonds. The van der Waals surface area contributed by atoms with Crippen molar-refractivity contribution in [3.63, 3.8) is 0 Å². The predicted molar refractivity (Wildman–Crippen MR) is 95.1 cm³/mol. The summed E-state index contributed by atoms with van der Waals surface area (Å²) in [5.41, 5.74) is 8.27. The molecule has 3 rings (SSSR count). The summed E-state index contributed by atoms with van der Waals surface area (Å²) in [6, 6.07) is 8.43. The minimum atomic E-state index is -0.309. The van der Waals surface area contributed by atoms with Crippen molar-refractivity contribution >= 4 is 11.7 Å². The normalized spacial score (nSPS) is 16.4. The summed E-state index contributed by atoms with van der Waals surface area (Å²) >= 11 is 0. The van der Waals surface area contributed by atoms with Gasteiger partial charge in [0.25, 0.3) is 5.91 Å². The Morgan fingerprint density at radius 2 is 2.08 bits per heavy atom. The first-order chi connectivity index (χ1) is 12.1. The van der Waals surface area contributed by atoms with Crippen molar-refractivity contribution in [2.24, 2.45) is 0 Å². The number of carbonyl (C=O) groups is 1. The molecule has 7 heteroatoms. The third-order valence-electron chi connectivity index (χ3n) is 4.31. The number of hydrogen-bond donors (Lipinski definition) is 2. The molecule has 1 atom stereocenters. The summed E-state index contributed by atoms with van der Waals surface area (Å²) < 4.78 is 5.46. The second kappa shape index (κ2) is 8.04. The monoisotopic (exact) mass is 341 g/mol. The molecule has 0 aliphatic carbocycles. The molecule has 3 N–H and O–H groups in total. The van der Waals surface area contributed by atoms with Crippen molar-refractivity contribution in [2.45, 2.75) is 13.0 Å². The van der Waals surface area contributed by atoms with E-state index in [1.807, 2.05) is 6.07 Å². The summed E-state index contributed by atoms with van der Waals surface area (Å²) in [4.78, 5) is 22.7. The van der Waals surface area contributed by atoms with Gasteiger partial charge in [-0.05, 0) is 12.5 Å². The third kappa shape index (κ3) is 4.32. The second-order valence-electron chi connectivity index (χ2n) is 6.08. The molecule has 1 aliphatic heterocycles. The van der Waals surface area contributed by atoms with Crippen LogP contribution in [0.2, 0.25) is 0 Å². The molecule has 0 unspecified atom stereocenters. The molecular formula is C18H23N5O2. The topological polar surface area (TPSA) is 93.4 Å². The van der Waals surface area contributed by atoms with Crippen LogP contribution in [0.1, 0.15) is 27.7 Å². The maximum atomic E-state index is 12.4. The van der Waals surface area contributed by atoms with Gasteiger partial charge in [0.2, 0.25) is 0 Å². The van der Waals surface area contributed by atoms with E-state index in [2.05, 4.69) is 45.3 Å². The molecule has 0 bridgehead atoms. The van der Waals surface area contributed by atoms with Crippen LogP contribution in [0, 0.1) is 6.92 Å². The zero-order chi connectivity index (χ0) is 17.6. The van der Waals surface area contributed by atoms with Gasteiger partial charge in [0.05, 0.1) is 19.3 Å². The SMILES string of the molecule is Cc1cccc([C@@H](CNC(=O)c2nccnc2N)N2CCOCC2)c1. The van der Waals surface area contributed by atoms with Gasteiger partial charge in [-0.15, -0.1) is 0 Å². The fourth-order valence-corrected chi connectivity index (χ4v) is 3.02. The van der Waals surface area contributed by atoms with Gasteiger partial charge in [0, 0.05) is 32.0 Å². The van der Waals surface area contributed by atoms with Crippen LogP contribution >= 0.6 is 0 Å². The maximum Gasteiger partial charge on any atom is 0.273 e. The summed E-state index contributed by atoms with van der Waals surface area (Å²) in [6.45, 7) is 5.61. The van der Waals surface area contributed by atoms with Gasteiger partial charge in [-0.25, -0.2) is 9.97 Å². The van der Waals surface area contributed by atoms with Crippen LogP contribution in [0.4, 0.5) is 5.82 Å². The zero-order valence-corrected chi connectivity index (χ0v) is 14.3. The smallest absolute Gasteiger partial charge is 0.273 e. The van der Waals surface area contributed by atoms with E-state index >= 15 is 0 Å². The van der Waals surface area contributed by atoms with E-state index in [4.69, 9.17) is 10.5 Å². The second-order valence-corrected chi connectivity index (χ2v) is 6.08. The van der Waals surface area contributed by atoms with Gasteiger partial charge in [-0.3, -0.25) is 9.69 Å². The molecular weight excluding hydrogens is 318 g/mol. The number of benzene rings is 1. The van der Waals surface area contributed by atoms with Crippen LogP contribution in [0.3, 0.4) is 0 Å². The van der Waals surface area contributed by atoms with Gasteiger partial charge in [-0.2, -0.15) is 0 Å². The lowest BCUT2D eigenvalue weighted by Crippen LogP contribution is -2.44. The molecule has 25 heavy (non-hydrogen) atoms. The van der Waals surface area contributed by atoms with Gasteiger partial charge < -0.3 is 15.8 Å². The number of anilines is 1. The van der Waals surface area contributed by atoms with Gasteiger partial charge in [0.15, 0.2) is 11.5 Å². The first-order valence-electron chi connectivity index (χ1n) is 8.38. The Hall–Kier alpha value is -2.51. The van der Waals surface area contributed by atoms with Crippen molar-refractivity contribution in [1.82, 2.24) is 20.2 Å². The summed E-state index contributed by atoms with van der Waals surface area (Å²) in [6.07, 6.45) is 2.93. The highest BCUT2D eigenvalue weighted by atomic mass is 16.5. The Labute approximate surface area is 147 Å². The largest absolute Gasteiger partial charge is 0.382 e. The van der Waals surface area contributed by atoms with Crippen LogP contribution in [-0.2, 0) is 4.74 Å². The van der Waals surface area contributed by atoms with E-state index in [9.17, 15) is 4.79 Å². The molecule has 0 spiro atoms. The van der Waals surface area contributed by atoms with Crippen molar-refractivity contribution < 1.29 is 9.53 Å². The molecule has 1 fully saturated rings. The van der Waals surface area contributed by atoms with E-state index in [0.29, 0.717) is 19.8 Å². The Morgan fingerprint density at radius 1 is 1.32 bits per heavy atom. The molecule has 7 nitrogen and oxygen atoms in total. The number of morpholine rings is 1. The van der Waals surface area contributed by atoms with E-state index in [-0.39, 0.29) is 23.5 Å².